The first-order valence-electron chi connectivity index (χ1n) is 11.1. The molecule has 8 nitrogen and oxygen atoms in total. The van der Waals surface area contributed by atoms with Crippen LogP contribution in [0.3, 0.4) is 0 Å². The standard InChI is InChI=1S/C24H28N8/c1-18-13-26-23(28-20-3-5-21(6-4-20)31-11-9-30(2)10-12-31)29-22(18)19-14-27-32(15-19)17-24(16-25)7-8-24/h3-6,13-15H,7-12,17H2,1-2H3,(H,26,28,29). The lowest BCUT2D eigenvalue weighted by atomic mass is 10.1. The maximum Gasteiger partial charge on any atom is 0.227 e. The lowest BCUT2D eigenvalue weighted by Gasteiger charge is -2.34. The molecule has 0 radical (unpaired) electrons. The number of piperazine rings is 1. The molecule has 0 amide bonds. The van der Waals surface area contributed by atoms with E-state index in [0.29, 0.717) is 12.5 Å². The monoisotopic (exact) mass is 428 g/mol. The highest BCUT2D eigenvalue weighted by molar-refractivity contribution is 5.65. The van der Waals surface area contributed by atoms with E-state index >= 15 is 0 Å². The predicted molar refractivity (Wildman–Crippen MR) is 125 cm³/mol. The summed E-state index contributed by atoms with van der Waals surface area (Å²) in [4.78, 5) is 14.0. The van der Waals surface area contributed by atoms with Crippen LogP contribution >= 0.6 is 0 Å². The van der Waals surface area contributed by atoms with E-state index in [1.54, 1.807) is 0 Å². The van der Waals surface area contributed by atoms with Gasteiger partial charge in [0.25, 0.3) is 0 Å². The van der Waals surface area contributed by atoms with Crippen LogP contribution in [0.2, 0.25) is 0 Å². The van der Waals surface area contributed by atoms with Gasteiger partial charge in [0.05, 0.1) is 29.9 Å². The van der Waals surface area contributed by atoms with E-state index in [0.717, 1.165) is 61.5 Å². The average molecular weight is 429 g/mol. The van der Waals surface area contributed by atoms with E-state index in [-0.39, 0.29) is 5.41 Å². The number of nitrogens with one attached hydrogen (secondary N) is 1. The number of nitriles is 1. The van der Waals surface area contributed by atoms with E-state index in [1.807, 2.05) is 30.2 Å². The van der Waals surface area contributed by atoms with Crippen LogP contribution in [0.5, 0.6) is 0 Å². The van der Waals surface area contributed by atoms with Crippen LogP contribution < -0.4 is 10.2 Å². The summed E-state index contributed by atoms with van der Waals surface area (Å²) in [5, 5.41) is 17.1. The van der Waals surface area contributed by atoms with Crippen molar-refractivity contribution in [1.29, 1.82) is 5.26 Å². The molecule has 0 spiro atoms. The van der Waals surface area contributed by atoms with Crippen molar-refractivity contribution in [3.63, 3.8) is 0 Å². The van der Waals surface area contributed by atoms with Crippen LogP contribution in [0.1, 0.15) is 18.4 Å². The zero-order valence-electron chi connectivity index (χ0n) is 18.6. The summed E-state index contributed by atoms with van der Waals surface area (Å²) >= 11 is 0. The Balaban J connectivity index is 1.29. The van der Waals surface area contributed by atoms with Crippen LogP contribution in [0.4, 0.5) is 17.3 Å². The fourth-order valence-corrected chi connectivity index (χ4v) is 4.08. The number of benzene rings is 1. The molecule has 0 bridgehead atoms. The third-order valence-corrected chi connectivity index (χ3v) is 6.43. The van der Waals surface area contributed by atoms with Gasteiger partial charge in [-0.05, 0) is 56.6 Å². The van der Waals surface area contributed by atoms with Gasteiger partial charge < -0.3 is 15.1 Å². The highest BCUT2D eigenvalue weighted by atomic mass is 15.3. The number of aromatic nitrogens is 4. The van der Waals surface area contributed by atoms with Gasteiger partial charge in [-0.3, -0.25) is 4.68 Å². The Bertz CT molecular complexity index is 1130. The molecule has 2 fully saturated rings. The first-order chi connectivity index (χ1) is 15.5. The van der Waals surface area contributed by atoms with Crippen LogP contribution in [0, 0.1) is 23.7 Å². The van der Waals surface area contributed by atoms with Gasteiger partial charge in [-0.25, -0.2) is 9.97 Å². The topological polar surface area (TPSA) is 85.9 Å². The summed E-state index contributed by atoms with van der Waals surface area (Å²) in [5.41, 5.74) is 4.75. The number of nitrogens with zero attached hydrogens (tertiary/aromatic N) is 7. The number of aryl methyl sites for hydroxylation is 1. The maximum absolute atomic E-state index is 9.34. The number of anilines is 3. The Morgan fingerprint density at radius 2 is 1.84 bits per heavy atom. The van der Waals surface area contributed by atoms with Gasteiger partial charge in [0.1, 0.15) is 0 Å². The molecule has 2 aromatic heterocycles. The average Bonchev–Trinajstić information content (AvgIpc) is 3.44. The summed E-state index contributed by atoms with van der Waals surface area (Å²) in [6, 6.07) is 10.9. The smallest absolute Gasteiger partial charge is 0.227 e. The van der Waals surface area contributed by atoms with Gasteiger partial charge in [-0.15, -0.1) is 0 Å². The van der Waals surface area contributed by atoms with Crippen molar-refractivity contribution in [1.82, 2.24) is 24.6 Å². The van der Waals surface area contributed by atoms with E-state index in [2.05, 4.69) is 62.6 Å². The van der Waals surface area contributed by atoms with Crippen molar-refractivity contribution in [3.8, 4) is 17.3 Å². The maximum atomic E-state index is 9.34. The van der Waals surface area contributed by atoms with Gasteiger partial charge in [-0.1, -0.05) is 0 Å². The summed E-state index contributed by atoms with van der Waals surface area (Å²) in [7, 11) is 2.17. The Kier molecular flexibility index (Phi) is 5.27. The second-order valence-corrected chi connectivity index (χ2v) is 9.01. The second kappa shape index (κ2) is 8.24. The first-order valence-corrected chi connectivity index (χ1v) is 11.1. The number of rotatable bonds is 6. The Morgan fingerprint density at radius 3 is 2.53 bits per heavy atom. The summed E-state index contributed by atoms with van der Waals surface area (Å²) in [5.74, 6) is 0.557. The predicted octanol–water partition coefficient (Wildman–Crippen LogP) is 3.45. The molecule has 3 aromatic rings. The van der Waals surface area contributed by atoms with Crippen molar-refractivity contribution in [2.75, 3.05) is 43.4 Å². The number of likely N-dealkylation sites (N-methyl/N-ethyl adjacent to an activating group) is 1. The van der Waals surface area contributed by atoms with Crippen LogP contribution in [-0.4, -0.2) is 57.9 Å². The fraction of sp³-hybridized carbons (Fsp3) is 0.417. The number of hydrogen-bond donors (Lipinski definition) is 1. The third kappa shape index (κ3) is 4.30. The lowest BCUT2D eigenvalue weighted by molar-refractivity contribution is 0.313. The molecule has 2 aliphatic rings. The minimum Gasteiger partial charge on any atom is -0.369 e. The SMILES string of the molecule is Cc1cnc(Nc2ccc(N3CCN(C)CC3)cc2)nc1-c1cnn(CC2(C#N)CC2)c1. The second-order valence-electron chi connectivity index (χ2n) is 9.01. The minimum absolute atomic E-state index is 0.229. The van der Waals surface area contributed by atoms with Gasteiger partial charge in [0.15, 0.2) is 0 Å². The van der Waals surface area contributed by atoms with Crippen molar-refractivity contribution in [2.45, 2.75) is 26.3 Å². The molecule has 164 valence electrons. The summed E-state index contributed by atoms with van der Waals surface area (Å²) in [6.07, 6.45) is 7.52. The quantitative estimate of drug-likeness (QED) is 0.643. The molecule has 8 heteroatoms. The Labute approximate surface area is 188 Å². The molecule has 32 heavy (non-hydrogen) atoms. The van der Waals surface area contributed by atoms with Crippen molar-refractivity contribution < 1.29 is 0 Å². The Hall–Kier alpha value is -3.44. The molecule has 0 atom stereocenters. The summed E-state index contributed by atoms with van der Waals surface area (Å²) < 4.78 is 1.86. The molecule has 1 saturated carbocycles. The zero-order valence-corrected chi connectivity index (χ0v) is 18.6. The molecule has 5 rings (SSSR count). The lowest BCUT2D eigenvalue weighted by Crippen LogP contribution is -2.44. The highest BCUT2D eigenvalue weighted by Gasteiger charge is 2.43. The molecule has 0 unspecified atom stereocenters. The largest absolute Gasteiger partial charge is 0.369 e. The third-order valence-electron chi connectivity index (χ3n) is 6.43. The molecule has 1 N–H and O–H groups in total. The van der Waals surface area contributed by atoms with Crippen molar-refractivity contribution >= 4 is 17.3 Å². The van der Waals surface area contributed by atoms with E-state index in [9.17, 15) is 5.26 Å². The fourth-order valence-electron chi connectivity index (χ4n) is 4.08. The summed E-state index contributed by atoms with van der Waals surface area (Å²) in [6.45, 7) is 6.92. The van der Waals surface area contributed by atoms with Gasteiger partial charge in [0, 0.05) is 55.5 Å². The van der Waals surface area contributed by atoms with Crippen molar-refractivity contribution in [2.24, 2.45) is 5.41 Å². The Morgan fingerprint density at radius 1 is 1.09 bits per heavy atom. The minimum atomic E-state index is -0.229. The first kappa shape index (κ1) is 20.5. The van der Waals surface area contributed by atoms with Crippen LogP contribution in [0.15, 0.2) is 42.9 Å². The van der Waals surface area contributed by atoms with E-state index in [1.165, 1.54) is 5.69 Å². The van der Waals surface area contributed by atoms with E-state index in [4.69, 9.17) is 4.98 Å². The molecule has 1 aromatic carbocycles. The van der Waals surface area contributed by atoms with Crippen LogP contribution in [-0.2, 0) is 6.54 Å². The molecule has 1 aliphatic heterocycles. The van der Waals surface area contributed by atoms with Gasteiger partial charge in [0.2, 0.25) is 5.95 Å². The molecule has 1 aliphatic carbocycles. The molecular formula is C24H28N8. The normalized spacial score (nSPS) is 17.7. The highest BCUT2D eigenvalue weighted by Crippen LogP contribution is 2.46. The van der Waals surface area contributed by atoms with Gasteiger partial charge >= 0.3 is 0 Å². The molecule has 1 saturated heterocycles. The zero-order chi connectivity index (χ0) is 22.1. The van der Waals surface area contributed by atoms with E-state index < -0.39 is 0 Å². The van der Waals surface area contributed by atoms with Crippen LogP contribution in [0.25, 0.3) is 11.3 Å². The molecular weight excluding hydrogens is 400 g/mol. The molecule has 3 heterocycles. The van der Waals surface area contributed by atoms with Crippen molar-refractivity contribution in [3.05, 3.63) is 48.4 Å². The number of hydrogen-bond acceptors (Lipinski definition) is 7. The van der Waals surface area contributed by atoms with Gasteiger partial charge in [-0.2, -0.15) is 10.4 Å².